The number of pyridine rings is 4. The van der Waals surface area contributed by atoms with Crippen molar-refractivity contribution in [2.75, 3.05) is 0 Å². The molecule has 0 fully saturated rings. The summed E-state index contributed by atoms with van der Waals surface area (Å²) in [5.74, 6) is 0.639. The van der Waals surface area contributed by atoms with Crippen molar-refractivity contribution in [1.82, 2.24) is 29.9 Å². The van der Waals surface area contributed by atoms with Crippen molar-refractivity contribution in [2.24, 2.45) is 0 Å². The molecule has 0 aliphatic rings. The molecule has 0 aliphatic heterocycles. The number of rotatable bonds is 4. The van der Waals surface area contributed by atoms with Crippen LogP contribution in [0.15, 0.2) is 146 Å². The second-order valence-electron chi connectivity index (χ2n) is 11.2. The Kier molecular flexibility index (Phi) is 6.03. The number of aromatic nitrogens is 6. The lowest BCUT2D eigenvalue weighted by Gasteiger charge is -2.13. The maximum atomic E-state index is 5.17. The Morgan fingerprint density at radius 2 is 0.848 bits per heavy atom. The molecule has 0 aliphatic carbocycles. The van der Waals surface area contributed by atoms with Gasteiger partial charge in [0.15, 0.2) is 5.82 Å². The lowest BCUT2D eigenvalue weighted by molar-refractivity contribution is 1.18. The van der Waals surface area contributed by atoms with E-state index < -0.39 is 0 Å². The highest BCUT2D eigenvalue weighted by molar-refractivity contribution is 6.09. The topological polar surface area (TPSA) is 77.3 Å². The molecule has 0 radical (unpaired) electrons. The first kappa shape index (κ1) is 26.0. The van der Waals surface area contributed by atoms with E-state index in [4.69, 9.17) is 19.9 Å². The molecule has 0 saturated carbocycles. The normalized spacial score (nSPS) is 11.5. The van der Waals surface area contributed by atoms with Crippen LogP contribution in [0.25, 0.3) is 88.6 Å². The van der Waals surface area contributed by atoms with Crippen LogP contribution in [0, 0.1) is 0 Å². The third kappa shape index (κ3) is 4.35. The molecule has 5 heterocycles. The van der Waals surface area contributed by atoms with E-state index in [0.29, 0.717) is 5.82 Å². The van der Waals surface area contributed by atoms with Crippen LogP contribution in [0.4, 0.5) is 0 Å². The number of hydrogen-bond donors (Lipinski definition) is 0. The summed E-state index contributed by atoms with van der Waals surface area (Å²) in [4.78, 5) is 29.2. The summed E-state index contributed by atoms with van der Waals surface area (Å²) in [7, 11) is 0. The minimum absolute atomic E-state index is 0.639. The number of hydrogen-bond acceptors (Lipinski definition) is 6. The molecule has 6 heteroatoms. The molecule has 0 saturated heterocycles. The zero-order chi connectivity index (χ0) is 30.5. The van der Waals surface area contributed by atoms with Crippen molar-refractivity contribution >= 4 is 43.6 Å². The molecule has 0 N–H and O–H groups in total. The van der Waals surface area contributed by atoms with Gasteiger partial charge in [0.2, 0.25) is 0 Å². The highest BCUT2D eigenvalue weighted by Gasteiger charge is 2.17. The first-order valence-corrected chi connectivity index (χ1v) is 15.1. The van der Waals surface area contributed by atoms with Crippen LogP contribution in [-0.2, 0) is 0 Å². The lowest BCUT2D eigenvalue weighted by Crippen LogP contribution is -1.98. The van der Waals surface area contributed by atoms with Crippen molar-refractivity contribution in [1.29, 1.82) is 0 Å². The molecule has 214 valence electrons. The molecular formula is C40H24N6. The number of fused-ring (bicyclic) bond motifs is 6. The molecule has 4 aromatic carbocycles. The van der Waals surface area contributed by atoms with E-state index in [1.165, 1.54) is 0 Å². The van der Waals surface area contributed by atoms with Crippen molar-refractivity contribution in [3.63, 3.8) is 0 Å². The molecule has 46 heavy (non-hydrogen) atoms. The third-order valence-electron chi connectivity index (χ3n) is 8.49. The van der Waals surface area contributed by atoms with Gasteiger partial charge in [0.25, 0.3) is 0 Å². The Balaban J connectivity index is 1.28. The quantitative estimate of drug-likeness (QED) is 0.191. The molecule has 0 unspecified atom stereocenters. The summed E-state index contributed by atoms with van der Waals surface area (Å²) in [6.45, 7) is 0. The van der Waals surface area contributed by atoms with Gasteiger partial charge in [-0.05, 0) is 41.5 Å². The van der Waals surface area contributed by atoms with Gasteiger partial charge in [0, 0.05) is 63.0 Å². The predicted octanol–water partition coefficient (Wildman–Crippen LogP) is 9.34. The summed E-state index contributed by atoms with van der Waals surface area (Å²) in [6, 6.07) is 41.3. The van der Waals surface area contributed by atoms with Gasteiger partial charge in [-0.15, -0.1) is 0 Å². The maximum Gasteiger partial charge on any atom is 0.160 e. The largest absolute Gasteiger partial charge is 0.254 e. The fraction of sp³-hybridized carbons (Fsp3) is 0. The van der Waals surface area contributed by atoms with Crippen LogP contribution >= 0.6 is 0 Å². The Morgan fingerprint density at radius 1 is 0.348 bits per heavy atom. The van der Waals surface area contributed by atoms with E-state index in [1.807, 2.05) is 55.1 Å². The van der Waals surface area contributed by atoms with Crippen LogP contribution in [-0.4, -0.2) is 29.9 Å². The lowest BCUT2D eigenvalue weighted by atomic mass is 9.99. The maximum absolute atomic E-state index is 5.17. The van der Waals surface area contributed by atoms with Gasteiger partial charge in [-0.2, -0.15) is 0 Å². The minimum Gasteiger partial charge on any atom is -0.254 e. The molecule has 0 amide bonds. The average Bonchev–Trinajstić information content (AvgIpc) is 3.14. The highest BCUT2D eigenvalue weighted by atomic mass is 14.9. The van der Waals surface area contributed by atoms with E-state index in [9.17, 15) is 0 Å². The SMILES string of the molecule is c1ccc(-c2ccc(-c3nc(-c4ccnc5c4ccc4cccnc45)cc(-c4ccnc5c4ccc4cccnc45)n3)cc2)cc1. The van der Waals surface area contributed by atoms with Crippen LogP contribution in [0.1, 0.15) is 0 Å². The molecule has 0 atom stereocenters. The zero-order valence-electron chi connectivity index (χ0n) is 24.5. The summed E-state index contributed by atoms with van der Waals surface area (Å²) < 4.78 is 0. The Labute approximate surface area is 264 Å². The van der Waals surface area contributed by atoms with E-state index >= 15 is 0 Å². The fourth-order valence-corrected chi connectivity index (χ4v) is 6.25. The first-order valence-electron chi connectivity index (χ1n) is 15.1. The molecule has 9 rings (SSSR count). The standard InChI is InChI=1S/C40H24N6/c1-2-6-25(7-3-1)26-10-12-29(13-11-26)40-45-34(30-18-22-43-38-32(30)16-14-27-8-4-20-41-36(27)38)24-35(46-40)31-19-23-44-39-33(31)17-15-28-9-5-21-42-37(28)39/h1-24H. The number of nitrogens with zero attached hydrogens (tertiary/aromatic N) is 6. The monoisotopic (exact) mass is 588 g/mol. The number of benzene rings is 4. The van der Waals surface area contributed by atoms with Crippen LogP contribution in [0.5, 0.6) is 0 Å². The van der Waals surface area contributed by atoms with Crippen molar-refractivity contribution in [3.05, 3.63) is 146 Å². The Hall–Kier alpha value is -6.40. The Bertz CT molecular complexity index is 2440. The molecule has 0 spiro atoms. The smallest absolute Gasteiger partial charge is 0.160 e. The van der Waals surface area contributed by atoms with Gasteiger partial charge < -0.3 is 0 Å². The van der Waals surface area contributed by atoms with Gasteiger partial charge in [0.05, 0.1) is 33.5 Å². The summed E-state index contributed by atoms with van der Waals surface area (Å²) in [5.41, 5.74) is 10.2. The average molecular weight is 589 g/mol. The first-order chi connectivity index (χ1) is 22.8. The molecule has 6 nitrogen and oxygen atoms in total. The minimum atomic E-state index is 0.639. The van der Waals surface area contributed by atoms with Gasteiger partial charge in [-0.3, -0.25) is 19.9 Å². The summed E-state index contributed by atoms with van der Waals surface area (Å²) in [6.07, 6.45) is 7.29. The molecular weight excluding hydrogens is 564 g/mol. The van der Waals surface area contributed by atoms with E-state index in [0.717, 1.165) is 82.8 Å². The molecule has 9 aromatic rings. The molecule has 0 bridgehead atoms. The van der Waals surface area contributed by atoms with Gasteiger partial charge in [-0.1, -0.05) is 91.0 Å². The van der Waals surface area contributed by atoms with Crippen molar-refractivity contribution < 1.29 is 0 Å². The predicted molar refractivity (Wildman–Crippen MR) is 185 cm³/mol. The van der Waals surface area contributed by atoms with E-state index in [-0.39, 0.29) is 0 Å². The van der Waals surface area contributed by atoms with E-state index in [2.05, 4.69) is 101 Å². The third-order valence-corrected chi connectivity index (χ3v) is 8.49. The van der Waals surface area contributed by atoms with Gasteiger partial charge >= 0.3 is 0 Å². The highest BCUT2D eigenvalue weighted by Crippen LogP contribution is 2.36. The van der Waals surface area contributed by atoms with Crippen LogP contribution in [0.2, 0.25) is 0 Å². The summed E-state index contributed by atoms with van der Waals surface area (Å²) in [5, 5.41) is 4.06. The Morgan fingerprint density at radius 3 is 1.41 bits per heavy atom. The molecule has 5 aromatic heterocycles. The second-order valence-corrected chi connectivity index (χ2v) is 11.2. The van der Waals surface area contributed by atoms with Crippen molar-refractivity contribution in [3.8, 4) is 45.0 Å². The second kappa shape index (κ2) is 10.6. The van der Waals surface area contributed by atoms with Crippen molar-refractivity contribution in [2.45, 2.75) is 0 Å². The van der Waals surface area contributed by atoms with Gasteiger partial charge in [-0.25, -0.2) is 9.97 Å². The van der Waals surface area contributed by atoms with Crippen LogP contribution in [0.3, 0.4) is 0 Å². The fourth-order valence-electron chi connectivity index (χ4n) is 6.25. The van der Waals surface area contributed by atoms with E-state index in [1.54, 1.807) is 0 Å². The zero-order valence-corrected chi connectivity index (χ0v) is 24.5. The van der Waals surface area contributed by atoms with Crippen LogP contribution < -0.4 is 0 Å². The summed E-state index contributed by atoms with van der Waals surface area (Å²) >= 11 is 0. The van der Waals surface area contributed by atoms with Gasteiger partial charge in [0.1, 0.15) is 0 Å².